The van der Waals surface area contributed by atoms with Gasteiger partial charge >= 0.3 is 6.09 Å². The van der Waals surface area contributed by atoms with Gasteiger partial charge in [-0.3, -0.25) is 9.29 Å². The van der Waals surface area contributed by atoms with Gasteiger partial charge in [0.25, 0.3) is 0 Å². The van der Waals surface area contributed by atoms with E-state index >= 15 is 0 Å². The number of alkyl halides is 1. The van der Waals surface area contributed by atoms with Crippen molar-refractivity contribution in [1.82, 2.24) is 9.80 Å². The van der Waals surface area contributed by atoms with Gasteiger partial charge in [0.15, 0.2) is 0 Å². The van der Waals surface area contributed by atoms with Crippen LogP contribution < -0.4 is 0 Å². The van der Waals surface area contributed by atoms with Crippen LogP contribution in [0.4, 0.5) is 9.18 Å². The van der Waals surface area contributed by atoms with Crippen molar-refractivity contribution in [3.8, 4) is 0 Å². The number of likely N-dealkylation sites (N-methyl/N-ethyl adjacent to an activating group) is 1. The molecule has 0 unspecified atom stereocenters. The van der Waals surface area contributed by atoms with Crippen molar-refractivity contribution >= 4 is 17.9 Å². The zero-order valence-electron chi connectivity index (χ0n) is 14.8. The van der Waals surface area contributed by atoms with E-state index in [0.29, 0.717) is 13.7 Å². The summed E-state index contributed by atoms with van der Waals surface area (Å²) in [5.41, 5.74) is 2.90. The quantitative estimate of drug-likeness (QED) is 0.779. The van der Waals surface area contributed by atoms with E-state index in [1.165, 1.54) is 4.90 Å². The molecule has 23 heavy (non-hydrogen) atoms. The van der Waals surface area contributed by atoms with E-state index in [9.17, 15) is 14.3 Å². The summed E-state index contributed by atoms with van der Waals surface area (Å²) in [6, 6.07) is 0. The minimum atomic E-state index is -0.906. The minimum Gasteiger partial charge on any atom is -0.465 e. The molecule has 0 radical (unpaired) electrons. The molecule has 1 N–H and O–H groups in total. The first-order chi connectivity index (χ1) is 11.1. The molecule has 0 aromatic carbocycles. The molecule has 0 aromatic rings. The summed E-state index contributed by atoms with van der Waals surface area (Å²) < 4.78 is 9.50. The van der Waals surface area contributed by atoms with Crippen LogP contribution in [0.25, 0.3) is 0 Å². The zero-order chi connectivity index (χ0) is 18.0. The Bertz CT molecular complexity index is 525. The fourth-order valence-corrected chi connectivity index (χ4v) is 3.43. The molecule has 4 nitrogen and oxygen atoms in total. The van der Waals surface area contributed by atoms with Crippen molar-refractivity contribution in [2.75, 3.05) is 26.6 Å². The molecule has 1 amide bonds. The Morgan fingerprint density at radius 3 is 2.26 bits per heavy atom. The number of hydrogen-bond acceptors (Lipinski definition) is 3. The summed E-state index contributed by atoms with van der Waals surface area (Å²) in [5.74, 6) is 0.877. The number of hydrogen-bond donors (Lipinski definition) is 1. The fourth-order valence-electron chi connectivity index (χ4n) is 2.33. The highest BCUT2D eigenvalue weighted by Gasteiger charge is 2.33. The predicted molar refractivity (Wildman–Crippen MR) is 97.0 cm³/mol. The topological polar surface area (TPSA) is 43.8 Å². The van der Waals surface area contributed by atoms with Gasteiger partial charge in [0.05, 0.1) is 31.0 Å². The van der Waals surface area contributed by atoms with E-state index in [1.54, 1.807) is 11.8 Å². The number of thioether (sulfide) groups is 1. The first kappa shape index (κ1) is 21.3. The van der Waals surface area contributed by atoms with Crippen LogP contribution in [0.2, 0.25) is 0 Å². The van der Waals surface area contributed by atoms with Gasteiger partial charge in [-0.2, -0.15) is 0 Å². The minimum absolute atomic E-state index is 0.445. The molecular weight excluding hydrogens is 315 g/mol. The number of rotatable bonds is 2. The molecule has 2 aliphatic rings. The molecule has 0 bridgehead atoms. The van der Waals surface area contributed by atoms with Crippen molar-refractivity contribution in [2.45, 2.75) is 27.7 Å². The monoisotopic (exact) mass is 342 g/mol. The van der Waals surface area contributed by atoms with Crippen LogP contribution >= 0.6 is 11.8 Å². The summed E-state index contributed by atoms with van der Waals surface area (Å²) in [6.45, 7) is 8.29. The Kier molecular flexibility index (Phi) is 10.1. The number of nitrogens with zero attached hydrogens (tertiary/aromatic N) is 2. The largest absolute Gasteiger partial charge is 0.465 e. The van der Waals surface area contributed by atoms with Crippen LogP contribution in [0.5, 0.6) is 0 Å². The lowest BCUT2D eigenvalue weighted by Gasteiger charge is -2.30. The highest BCUT2D eigenvalue weighted by molar-refractivity contribution is 8.03. The number of amides is 1. The molecule has 130 valence electrons. The smallest absolute Gasteiger partial charge is 0.412 e. The van der Waals surface area contributed by atoms with Crippen molar-refractivity contribution in [3.05, 3.63) is 46.2 Å². The number of halogens is 1. The van der Waals surface area contributed by atoms with E-state index in [1.807, 2.05) is 59.0 Å². The standard InChI is InChI=1S/C14H18N2O2S.C2H6.CH3F/c1-4-6-10-11(7-5-2)16(14(17)18)8-12-13(10)15(3)9-19-12;2*1-2/h4-7H,8-9H2,1-3H3,(H,17,18);1-2H3;1H3/b6-4-,7-5-;;. The molecule has 2 aliphatic heterocycles. The zero-order valence-corrected chi connectivity index (χ0v) is 15.6. The van der Waals surface area contributed by atoms with Crippen LogP contribution in [0.1, 0.15) is 27.7 Å². The Morgan fingerprint density at radius 1 is 1.22 bits per heavy atom. The lowest BCUT2D eigenvalue weighted by Crippen LogP contribution is -2.34. The first-order valence-electron chi connectivity index (χ1n) is 7.55. The number of carboxylic acid groups (broad SMARTS) is 1. The summed E-state index contributed by atoms with van der Waals surface area (Å²) in [5, 5.41) is 9.40. The van der Waals surface area contributed by atoms with Crippen molar-refractivity contribution in [1.29, 1.82) is 0 Å². The lowest BCUT2D eigenvalue weighted by atomic mass is 10.0. The van der Waals surface area contributed by atoms with Crippen LogP contribution in [-0.4, -0.2) is 47.6 Å². The van der Waals surface area contributed by atoms with Gasteiger partial charge < -0.3 is 10.0 Å². The van der Waals surface area contributed by atoms with E-state index < -0.39 is 6.09 Å². The van der Waals surface area contributed by atoms with Gasteiger partial charge in [-0.15, -0.1) is 11.8 Å². The highest BCUT2D eigenvalue weighted by atomic mass is 32.2. The second-order valence-electron chi connectivity index (χ2n) is 4.41. The summed E-state index contributed by atoms with van der Waals surface area (Å²) in [7, 11) is 2.54. The Labute approximate surface area is 143 Å². The summed E-state index contributed by atoms with van der Waals surface area (Å²) >= 11 is 1.71. The van der Waals surface area contributed by atoms with E-state index in [-0.39, 0.29) is 0 Å². The number of allylic oxidation sites excluding steroid dienone is 4. The SMILES string of the molecule is C/C=C\C1=C(/C=C\C)N(C(=O)O)CC2=C1N(C)CS2.CC.CF. The second kappa shape index (κ2) is 10.9. The maximum absolute atomic E-state index is 11.4. The molecule has 0 aliphatic carbocycles. The molecule has 6 heteroatoms. The maximum Gasteiger partial charge on any atom is 0.412 e. The normalized spacial score (nSPS) is 17.2. The third-order valence-electron chi connectivity index (χ3n) is 3.09. The molecule has 0 saturated heterocycles. The fraction of sp³-hybridized carbons (Fsp3) is 0.471. The number of carbonyl (C=O) groups is 1. The van der Waals surface area contributed by atoms with Gasteiger partial charge in [-0.05, 0) is 19.9 Å². The van der Waals surface area contributed by atoms with Gasteiger partial charge in [-0.1, -0.05) is 32.1 Å². The molecule has 0 aromatic heterocycles. The van der Waals surface area contributed by atoms with Gasteiger partial charge in [-0.25, -0.2) is 4.79 Å². The van der Waals surface area contributed by atoms with Crippen LogP contribution in [0, 0.1) is 0 Å². The van der Waals surface area contributed by atoms with Crippen LogP contribution in [0.15, 0.2) is 46.2 Å². The van der Waals surface area contributed by atoms with Crippen LogP contribution in [-0.2, 0) is 0 Å². The van der Waals surface area contributed by atoms with Crippen molar-refractivity contribution in [2.24, 2.45) is 0 Å². The first-order valence-corrected chi connectivity index (χ1v) is 8.54. The Balaban J connectivity index is 0.00000112. The summed E-state index contributed by atoms with van der Waals surface area (Å²) in [4.78, 5) is 16.2. The van der Waals surface area contributed by atoms with Gasteiger partial charge in [0.2, 0.25) is 0 Å². The van der Waals surface area contributed by atoms with Crippen molar-refractivity contribution < 1.29 is 14.3 Å². The molecule has 0 fully saturated rings. The molecular formula is C17H27FN2O2S. The van der Waals surface area contributed by atoms with Gasteiger partial charge in [0.1, 0.15) is 0 Å². The average molecular weight is 342 g/mol. The molecule has 0 spiro atoms. The summed E-state index contributed by atoms with van der Waals surface area (Å²) in [6.07, 6.45) is 6.78. The molecule has 2 heterocycles. The van der Waals surface area contributed by atoms with Crippen LogP contribution in [0.3, 0.4) is 0 Å². The maximum atomic E-state index is 11.4. The predicted octanol–water partition coefficient (Wildman–Crippen LogP) is 4.85. The van der Waals surface area contributed by atoms with Gasteiger partial charge in [0, 0.05) is 17.5 Å². The third-order valence-corrected chi connectivity index (χ3v) is 4.28. The van der Waals surface area contributed by atoms with E-state index in [4.69, 9.17) is 0 Å². The highest BCUT2D eigenvalue weighted by Crippen LogP contribution is 2.41. The van der Waals surface area contributed by atoms with E-state index in [0.717, 1.165) is 27.7 Å². The molecule has 0 atom stereocenters. The van der Waals surface area contributed by atoms with Crippen molar-refractivity contribution in [3.63, 3.8) is 0 Å². The third kappa shape index (κ3) is 4.89. The lowest BCUT2D eigenvalue weighted by molar-refractivity contribution is 0.162. The Morgan fingerprint density at radius 2 is 1.78 bits per heavy atom. The molecule has 0 saturated carbocycles. The molecule has 2 rings (SSSR count). The Hall–Kier alpha value is -1.69. The second-order valence-corrected chi connectivity index (χ2v) is 5.45. The average Bonchev–Trinajstić information content (AvgIpc) is 2.94. The van der Waals surface area contributed by atoms with E-state index in [2.05, 4.69) is 4.90 Å².